The molecule has 1 unspecified atom stereocenters. The largest absolute Gasteiger partial charge is 0.497 e. The van der Waals surface area contributed by atoms with Crippen LogP contribution in [0.1, 0.15) is 29.6 Å². The summed E-state index contributed by atoms with van der Waals surface area (Å²) in [6.07, 6.45) is 1.94. The molecule has 0 bridgehead atoms. The number of nitrogens with one attached hydrogen (secondary N) is 1. The molecule has 1 aliphatic carbocycles. The first-order chi connectivity index (χ1) is 9.10. The zero-order chi connectivity index (χ0) is 13.8. The van der Waals surface area contributed by atoms with Crippen molar-refractivity contribution in [1.82, 2.24) is 5.32 Å². The first-order valence-corrected chi connectivity index (χ1v) is 6.26. The average molecular weight is 263 g/mol. The lowest BCUT2D eigenvalue weighted by Crippen LogP contribution is -2.39. The van der Waals surface area contributed by atoms with Gasteiger partial charge in [-0.3, -0.25) is 9.59 Å². The van der Waals surface area contributed by atoms with Crippen molar-refractivity contribution in [2.24, 2.45) is 0 Å². The van der Waals surface area contributed by atoms with Crippen LogP contribution in [0.15, 0.2) is 24.3 Å². The molecule has 0 aliphatic heterocycles. The van der Waals surface area contributed by atoms with Gasteiger partial charge in [0.15, 0.2) is 5.78 Å². The second-order valence-electron chi connectivity index (χ2n) is 4.69. The lowest BCUT2D eigenvalue weighted by atomic mass is 10.0. The molecule has 5 nitrogen and oxygen atoms in total. The summed E-state index contributed by atoms with van der Waals surface area (Å²) in [5.74, 6) is -0.487. The van der Waals surface area contributed by atoms with E-state index in [9.17, 15) is 9.59 Å². The van der Waals surface area contributed by atoms with Gasteiger partial charge in [0.25, 0.3) is 0 Å². The van der Waals surface area contributed by atoms with E-state index in [1.165, 1.54) is 0 Å². The molecule has 2 rings (SSSR count). The summed E-state index contributed by atoms with van der Waals surface area (Å²) in [6, 6.07) is 6.13. The number of carboxylic acid groups (broad SMARTS) is 1. The lowest BCUT2D eigenvalue weighted by molar-refractivity contribution is -0.139. The minimum absolute atomic E-state index is 0.0296. The number of Topliss-reactive ketones (excluding diaryl/α,β-unsaturated/α-hetero) is 1. The molecule has 0 spiro atoms. The molecule has 1 aliphatic rings. The molecule has 5 heteroatoms. The molecule has 1 atom stereocenters. The highest BCUT2D eigenvalue weighted by atomic mass is 16.5. The fourth-order valence-electron chi connectivity index (χ4n) is 1.83. The maximum absolute atomic E-state index is 12.0. The van der Waals surface area contributed by atoms with Crippen molar-refractivity contribution in [3.05, 3.63) is 29.8 Å². The standard InChI is InChI=1S/C14H17NO4/c1-19-11-6-2-9(3-7-11)13(16)8-12(14(17)18)15-10-4-5-10/h2-3,6-7,10,12,15H,4-5,8H2,1H3,(H,17,18). The number of ketones is 1. The summed E-state index contributed by atoms with van der Waals surface area (Å²) < 4.78 is 5.01. The van der Waals surface area contributed by atoms with Gasteiger partial charge in [0, 0.05) is 18.0 Å². The summed E-state index contributed by atoms with van der Waals surface area (Å²) in [4.78, 5) is 23.1. The normalized spacial score (nSPS) is 15.8. The highest BCUT2D eigenvalue weighted by Gasteiger charge is 2.29. The SMILES string of the molecule is COc1ccc(C(=O)CC(NC2CC2)C(=O)O)cc1. The van der Waals surface area contributed by atoms with Gasteiger partial charge < -0.3 is 15.2 Å². The van der Waals surface area contributed by atoms with E-state index in [0.717, 1.165) is 12.8 Å². The number of hydrogen-bond acceptors (Lipinski definition) is 4. The highest BCUT2D eigenvalue weighted by molar-refractivity contribution is 5.98. The average Bonchev–Trinajstić information content (AvgIpc) is 3.22. The topological polar surface area (TPSA) is 75.6 Å². The third-order valence-electron chi connectivity index (χ3n) is 3.11. The van der Waals surface area contributed by atoms with Crippen LogP contribution < -0.4 is 10.1 Å². The highest BCUT2D eigenvalue weighted by Crippen LogP contribution is 2.21. The van der Waals surface area contributed by atoms with Crippen LogP contribution in [-0.2, 0) is 4.79 Å². The van der Waals surface area contributed by atoms with Crippen molar-refractivity contribution in [2.45, 2.75) is 31.3 Å². The number of benzene rings is 1. The molecule has 102 valence electrons. The molecular weight excluding hydrogens is 246 g/mol. The van der Waals surface area contributed by atoms with Crippen LogP contribution in [0.3, 0.4) is 0 Å². The Labute approximate surface area is 111 Å². The van der Waals surface area contributed by atoms with E-state index >= 15 is 0 Å². The van der Waals surface area contributed by atoms with Crippen molar-refractivity contribution in [3.63, 3.8) is 0 Å². The van der Waals surface area contributed by atoms with E-state index in [1.807, 2.05) is 0 Å². The van der Waals surface area contributed by atoms with Gasteiger partial charge in [-0.05, 0) is 37.1 Å². The van der Waals surface area contributed by atoms with Crippen LogP contribution in [0, 0.1) is 0 Å². The van der Waals surface area contributed by atoms with Crippen molar-refractivity contribution in [3.8, 4) is 5.75 Å². The summed E-state index contributed by atoms with van der Waals surface area (Å²) in [5.41, 5.74) is 0.504. The maximum Gasteiger partial charge on any atom is 0.321 e. The molecule has 19 heavy (non-hydrogen) atoms. The quantitative estimate of drug-likeness (QED) is 0.729. The van der Waals surface area contributed by atoms with Gasteiger partial charge in [0.1, 0.15) is 11.8 Å². The minimum Gasteiger partial charge on any atom is -0.497 e. The summed E-state index contributed by atoms with van der Waals surface area (Å²) in [7, 11) is 1.55. The summed E-state index contributed by atoms with van der Waals surface area (Å²) >= 11 is 0. The third kappa shape index (κ3) is 3.79. The smallest absolute Gasteiger partial charge is 0.321 e. The van der Waals surface area contributed by atoms with Gasteiger partial charge in [-0.1, -0.05) is 0 Å². The van der Waals surface area contributed by atoms with Gasteiger partial charge >= 0.3 is 5.97 Å². The zero-order valence-corrected chi connectivity index (χ0v) is 10.8. The number of carbonyl (C=O) groups excluding carboxylic acids is 1. The maximum atomic E-state index is 12.0. The van der Waals surface area contributed by atoms with Gasteiger partial charge in [-0.25, -0.2) is 0 Å². The summed E-state index contributed by atoms with van der Waals surface area (Å²) in [6.45, 7) is 0. The lowest BCUT2D eigenvalue weighted by Gasteiger charge is -2.13. The monoisotopic (exact) mass is 263 g/mol. The first kappa shape index (κ1) is 13.5. The first-order valence-electron chi connectivity index (χ1n) is 6.26. The van der Waals surface area contributed by atoms with Crippen LogP contribution in [-0.4, -0.2) is 36.1 Å². The molecule has 0 amide bonds. The number of carbonyl (C=O) groups is 2. The Bertz CT molecular complexity index is 465. The van der Waals surface area contributed by atoms with E-state index in [-0.39, 0.29) is 18.2 Å². The second-order valence-corrected chi connectivity index (χ2v) is 4.69. The number of aliphatic carboxylic acids is 1. The van der Waals surface area contributed by atoms with Gasteiger partial charge in [-0.15, -0.1) is 0 Å². The molecule has 0 aromatic heterocycles. The summed E-state index contributed by atoms with van der Waals surface area (Å²) in [5, 5.41) is 12.1. The Morgan fingerprint density at radius 1 is 1.37 bits per heavy atom. The number of hydrogen-bond donors (Lipinski definition) is 2. The molecule has 1 saturated carbocycles. The van der Waals surface area contributed by atoms with E-state index in [1.54, 1.807) is 31.4 Å². The van der Waals surface area contributed by atoms with Crippen molar-refractivity contribution < 1.29 is 19.4 Å². The van der Waals surface area contributed by atoms with Crippen molar-refractivity contribution >= 4 is 11.8 Å². The van der Waals surface area contributed by atoms with E-state index in [2.05, 4.69) is 5.32 Å². The number of methoxy groups -OCH3 is 1. The van der Waals surface area contributed by atoms with Crippen LogP contribution in [0.5, 0.6) is 5.75 Å². The zero-order valence-electron chi connectivity index (χ0n) is 10.8. The molecule has 0 radical (unpaired) electrons. The minimum atomic E-state index is -0.978. The number of ether oxygens (including phenoxy) is 1. The predicted octanol–water partition coefficient (Wildman–Crippen LogP) is 1.47. The van der Waals surface area contributed by atoms with Crippen LogP contribution in [0.4, 0.5) is 0 Å². The Balaban J connectivity index is 1.98. The molecule has 1 fully saturated rings. The van der Waals surface area contributed by atoms with Gasteiger partial charge in [0.2, 0.25) is 0 Å². The molecular formula is C14H17NO4. The fourth-order valence-corrected chi connectivity index (χ4v) is 1.83. The Hall–Kier alpha value is -1.88. The molecule has 0 saturated heterocycles. The van der Waals surface area contributed by atoms with Gasteiger partial charge in [0.05, 0.1) is 7.11 Å². The van der Waals surface area contributed by atoms with Crippen LogP contribution >= 0.6 is 0 Å². The van der Waals surface area contributed by atoms with Crippen LogP contribution in [0.25, 0.3) is 0 Å². The second kappa shape index (κ2) is 5.84. The van der Waals surface area contributed by atoms with E-state index in [4.69, 9.17) is 9.84 Å². The predicted molar refractivity (Wildman–Crippen MR) is 69.5 cm³/mol. The fraction of sp³-hybridized carbons (Fsp3) is 0.429. The third-order valence-corrected chi connectivity index (χ3v) is 3.11. The number of carboxylic acids is 1. The molecule has 1 aromatic rings. The van der Waals surface area contributed by atoms with Crippen molar-refractivity contribution in [2.75, 3.05) is 7.11 Å². The number of rotatable bonds is 7. The Morgan fingerprint density at radius 3 is 2.47 bits per heavy atom. The van der Waals surface area contributed by atoms with E-state index < -0.39 is 12.0 Å². The Kier molecular flexibility index (Phi) is 4.16. The molecule has 1 aromatic carbocycles. The molecule has 0 heterocycles. The van der Waals surface area contributed by atoms with Crippen molar-refractivity contribution in [1.29, 1.82) is 0 Å². The molecule has 2 N–H and O–H groups in total. The Morgan fingerprint density at radius 2 is 2.00 bits per heavy atom. The van der Waals surface area contributed by atoms with Crippen LogP contribution in [0.2, 0.25) is 0 Å². The van der Waals surface area contributed by atoms with E-state index in [0.29, 0.717) is 11.3 Å². The van der Waals surface area contributed by atoms with Gasteiger partial charge in [-0.2, -0.15) is 0 Å².